The Bertz CT molecular complexity index is 482. The number of benzene rings is 1. The molecule has 0 amide bonds. The minimum absolute atomic E-state index is 0.00302. The quantitative estimate of drug-likeness (QED) is 0.284. The van der Waals surface area contributed by atoms with Gasteiger partial charge in [0.05, 0.1) is 5.75 Å². The molecule has 0 radical (unpaired) electrons. The second-order valence-corrected chi connectivity index (χ2v) is 7.29. The van der Waals surface area contributed by atoms with Crippen LogP contribution in [0.25, 0.3) is 0 Å². The van der Waals surface area contributed by atoms with E-state index in [0.717, 1.165) is 35.7 Å². The molecule has 0 atom stereocenters. The van der Waals surface area contributed by atoms with Crippen molar-refractivity contribution < 1.29 is 26.3 Å². The van der Waals surface area contributed by atoms with Crippen molar-refractivity contribution in [2.45, 2.75) is 49.2 Å². The van der Waals surface area contributed by atoms with Crippen molar-refractivity contribution in [1.29, 1.82) is 0 Å². The first-order chi connectivity index (χ1) is 10.6. The van der Waals surface area contributed by atoms with Crippen LogP contribution < -0.4 is 0 Å². The Morgan fingerprint density at radius 3 is 2.22 bits per heavy atom. The lowest BCUT2D eigenvalue weighted by Crippen LogP contribution is -2.10. The van der Waals surface area contributed by atoms with Gasteiger partial charge in [0.25, 0.3) is 0 Å². The first kappa shape index (κ1) is 20.5. The van der Waals surface area contributed by atoms with Gasteiger partial charge in [0.2, 0.25) is 0 Å². The predicted molar refractivity (Wildman–Crippen MR) is 84.0 cm³/mol. The molecule has 1 aromatic rings. The van der Waals surface area contributed by atoms with Crippen molar-refractivity contribution >= 4 is 23.5 Å². The zero-order chi connectivity index (χ0) is 17.5. The topological polar surface area (TPSA) is 0 Å². The summed E-state index contributed by atoms with van der Waals surface area (Å²) in [6.45, 7) is 1.77. The van der Waals surface area contributed by atoms with E-state index in [4.69, 9.17) is 0 Å². The van der Waals surface area contributed by atoms with Crippen LogP contribution in [0.3, 0.4) is 0 Å². The molecule has 0 aliphatic carbocycles. The lowest BCUT2D eigenvalue weighted by atomic mass is 10.1. The first-order valence-electron chi connectivity index (χ1n) is 7.06. The molecule has 0 saturated heterocycles. The number of rotatable bonds is 8. The summed E-state index contributed by atoms with van der Waals surface area (Å²) in [5, 5.41) is 0. The number of hydrogen-bond acceptors (Lipinski definition) is 2. The Morgan fingerprint density at radius 1 is 0.957 bits per heavy atom. The maximum Gasteiger partial charge on any atom is 0.441 e. The van der Waals surface area contributed by atoms with E-state index < -0.39 is 17.4 Å². The standard InChI is InChI=1S/C15H18F6S2/c1-11-9-12(5-3-2-4-8-23-15(19,20)21)6-7-13(11)22-10-14(16,17)18/h6-7,9H,2-5,8,10H2,1H3. The van der Waals surface area contributed by atoms with E-state index in [0.29, 0.717) is 17.7 Å². The van der Waals surface area contributed by atoms with Crippen LogP contribution in [0.5, 0.6) is 0 Å². The van der Waals surface area contributed by atoms with Gasteiger partial charge in [0.1, 0.15) is 0 Å². The Labute approximate surface area is 140 Å². The second-order valence-electron chi connectivity index (χ2n) is 5.11. The molecule has 0 nitrogen and oxygen atoms in total. The van der Waals surface area contributed by atoms with Crippen molar-refractivity contribution in [3.8, 4) is 0 Å². The lowest BCUT2D eigenvalue weighted by molar-refractivity contribution is -0.105. The molecular formula is C15H18F6S2. The predicted octanol–water partition coefficient (Wildman–Crippen LogP) is 6.62. The van der Waals surface area contributed by atoms with Gasteiger partial charge in [-0.25, -0.2) is 0 Å². The van der Waals surface area contributed by atoms with Crippen molar-refractivity contribution in [2.75, 3.05) is 11.5 Å². The third kappa shape index (κ3) is 10.1. The summed E-state index contributed by atoms with van der Waals surface area (Å²) >= 11 is 0.763. The monoisotopic (exact) mass is 376 g/mol. The van der Waals surface area contributed by atoms with Crippen LogP contribution in [0.2, 0.25) is 0 Å². The number of aryl methyl sites for hydroxylation is 2. The van der Waals surface area contributed by atoms with E-state index in [1.54, 1.807) is 19.1 Å². The molecule has 8 heteroatoms. The normalized spacial score (nSPS) is 12.7. The zero-order valence-electron chi connectivity index (χ0n) is 12.6. The summed E-state index contributed by atoms with van der Waals surface area (Å²) in [4.78, 5) is 0.604. The van der Waals surface area contributed by atoms with Gasteiger partial charge in [-0.2, -0.15) is 26.3 Å². The van der Waals surface area contributed by atoms with Crippen LogP contribution in [0.1, 0.15) is 30.4 Å². The Balaban J connectivity index is 2.32. The summed E-state index contributed by atoms with van der Waals surface area (Å²) in [7, 11) is 0. The van der Waals surface area contributed by atoms with Crippen LogP contribution in [0.15, 0.2) is 23.1 Å². The van der Waals surface area contributed by atoms with Gasteiger partial charge in [-0.15, -0.1) is 11.8 Å². The summed E-state index contributed by atoms with van der Waals surface area (Å²) in [5.74, 6) is -0.848. The van der Waals surface area contributed by atoms with Crippen molar-refractivity contribution in [2.24, 2.45) is 0 Å². The minimum Gasteiger partial charge on any atom is -0.170 e. The van der Waals surface area contributed by atoms with E-state index in [-0.39, 0.29) is 17.5 Å². The molecule has 0 spiro atoms. The Kier molecular flexibility index (Phi) is 8.13. The van der Waals surface area contributed by atoms with Crippen molar-refractivity contribution in [3.05, 3.63) is 29.3 Å². The van der Waals surface area contributed by atoms with Crippen LogP contribution in [-0.2, 0) is 6.42 Å². The summed E-state index contributed by atoms with van der Waals surface area (Å²) in [6.07, 6.45) is -1.49. The maximum absolute atomic E-state index is 12.2. The molecule has 23 heavy (non-hydrogen) atoms. The fraction of sp³-hybridized carbons (Fsp3) is 0.600. The molecule has 132 valence electrons. The fourth-order valence-corrected chi connectivity index (χ4v) is 3.33. The highest BCUT2D eigenvalue weighted by Gasteiger charge is 2.28. The largest absolute Gasteiger partial charge is 0.441 e. The highest BCUT2D eigenvalue weighted by Crippen LogP contribution is 2.31. The molecule has 0 saturated carbocycles. The number of thioether (sulfide) groups is 2. The fourth-order valence-electron chi connectivity index (χ4n) is 1.98. The Morgan fingerprint density at radius 2 is 1.65 bits per heavy atom. The summed E-state index contributed by atoms with van der Waals surface area (Å²) in [5.41, 5.74) is -2.37. The molecular weight excluding hydrogens is 358 g/mol. The highest BCUT2D eigenvalue weighted by molar-refractivity contribution is 8.00. The van der Waals surface area contributed by atoms with Crippen LogP contribution in [0, 0.1) is 6.92 Å². The first-order valence-corrected chi connectivity index (χ1v) is 9.04. The average Bonchev–Trinajstić information content (AvgIpc) is 2.39. The van der Waals surface area contributed by atoms with Gasteiger partial charge in [-0.05, 0) is 43.4 Å². The SMILES string of the molecule is Cc1cc(CCCCCSC(F)(F)F)ccc1SCC(F)(F)F. The van der Waals surface area contributed by atoms with Gasteiger partial charge in [-0.1, -0.05) is 30.3 Å². The van der Waals surface area contributed by atoms with Crippen LogP contribution in [-0.4, -0.2) is 23.2 Å². The summed E-state index contributed by atoms with van der Waals surface area (Å²) in [6, 6.07) is 5.32. The van der Waals surface area contributed by atoms with Crippen molar-refractivity contribution in [3.63, 3.8) is 0 Å². The number of alkyl halides is 6. The van der Waals surface area contributed by atoms with E-state index in [9.17, 15) is 26.3 Å². The van der Waals surface area contributed by atoms with Gasteiger partial charge in [0.15, 0.2) is 0 Å². The molecule has 0 fully saturated rings. The third-order valence-electron chi connectivity index (χ3n) is 3.01. The maximum atomic E-state index is 12.2. The average molecular weight is 376 g/mol. The van der Waals surface area contributed by atoms with E-state index in [2.05, 4.69) is 0 Å². The number of unbranched alkanes of at least 4 members (excludes halogenated alkanes) is 2. The molecule has 0 aromatic heterocycles. The Hall–Kier alpha value is -0.500. The van der Waals surface area contributed by atoms with Crippen LogP contribution in [0.4, 0.5) is 26.3 Å². The second kappa shape index (κ2) is 9.11. The zero-order valence-corrected chi connectivity index (χ0v) is 14.2. The molecule has 0 unspecified atom stereocenters. The smallest absolute Gasteiger partial charge is 0.170 e. The van der Waals surface area contributed by atoms with E-state index in [1.807, 2.05) is 6.07 Å². The minimum atomic E-state index is -4.19. The van der Waals surface area contributed by atoms with Crippen molar-refractivity contribution in [1.82, 2.24) is 0 Å². The molecule has 0 bridgehead atoms. The van der Waals surface area contributed by atoms with Crippen LogP contribution >= 0.6 is 23.5 Å². The molecule has 1 rings (SSSR count). The lowest BCUT2D eigenvalue weighted by Gasteiger charge is -2.10. The van der Waals surface area contributed by atoms with Gasteiger partial charge < -0.3 is 0 Å². The number of hydrogen-bond donors (Lipinski definition) is 0. The van der Waals surface area contributed by atoms with Gasteiger partial charge in [0, 0.05) is 10.6 Å². The third-order valence-corrected chi connectivity index (χ3v) is 5.07. The highest BCUT2D eigenvalue weighted by atomic mass is 32.2. The van der Waals surface area contributed by atoms with Gasteiger partial charge in [-0.3, -0.25) is 0 Å². The molecule has 0 aliphatic rings. The molecule has 1 aromatic carbocycles. The number of halogens is 6. The summed E-state index contributed by atoms with van der Waals surface area (Å²) < 4.78 is 72.4. The van der Waals surface area contributed by atoms with E-state index >= 15 is 0 Å². The van der Waals surface area contributed by atoms with Gasteiger partial charge >= 0.3 is 11.7 Å². The van der Waals surface area contributed by atoms with E-state index in [1.165, 1.54) is 0 Å². The molecule has 0 N–H and O–H groups in total. The molecule has 0 heterocycles. The molecule has 0 aliphatic heterocycles.